The van der Waals surface area contributed by atoms with Crippen molar-refractivity contribution in [3.8, 4) is 22.8 Å². The van der Waals surface area contributed by atoms with Gasteiger partial charge < -0.3 is 9.47 Å². The molecule has 96 valence electrons. The monoisotopic (exact) mass is 255 g/mol. The Morgan fingerprint density at radius 1 is 1.05 bits per heavy atom. The van der Waals surface area contributed by atoms with E-state index in [1.54, 1.807) is 26.6 Å². The lowest BCUT2D eigenvalue weighted by atomic mass is 10.1. The van der Waals surface area contributed by atoms with Gasteiger partial charge in [0.05, 0.1) is 32.3 Å². The van der Waals surface area contributed by atoms with Gasteiger partial charge in [-0.1, -0.05) is 0 Å². The summed E-state index contributed by atoms with van der Waals surface area (Å²) in [7, 11) is 3.25. The second kappa shape index (κ2) is 4.61. The average molecular weight is 255 g/mol. The SMILES string of the molecule is COc1ccc(-c2cnc3cnccn23)cc1OC. The van der Waals surface area contributed by atoms with Gasteiger partial charge in [-0.25, -0.2) is 4.98 Å². The summed E-state index contributed by atoms with van der Waals surface area (Å²) in [6, 6.07) is 5.79. The normalized spacial score (nSPS) is 10.6. The van der Waals surface area contributed by atoms with Crippen molar-refractivity contribution in [2.75, 3.05) is 14.2 Å². The summed E-state index contributed by atoms with van der Waals surface area (Å²) in [4.78, 5) is 8.37. The predicted molar refractivity (Wildman–Crippen MR) is 71.5 cm³/mol. The molecule has 0 saturated heterocycles. The highest BCUT2D eigenvalue weighted by Crippen LogP contribution is 2.32. The molecule has 0 aliphatic heterocycles. The van der Waals surface area contributed by atoms with Gasteiger partial charge in [-0.2, -0.15) is 0 Å². The van der Waals surface area contributed by atoms with E-state index in [4.69, 9.17) is 9.47 Å². The first-order valence-electron chi connectivity index (χ1n) is 5.83. The number of fused-ring (bicyclic) bond motifs is 1. The van der Waals surface area contributed by atoms with Crippen molar-refractivity contribution in [1.82, 2.24) is 14.4 Å². The summed E-state index contributed by atoms with van der Waals surface area (Å²) >= 11 is 0. The summed E-state index contributed by atoms with van der Waals surface area (Å²) in [5.74, 6) is 1.41. The number of aromatic nitrogens is 3. The quantitative estimate of drug-likeness (QED) is 0.721. The molecule has 2 heterocycles. The van der Waals surface area contributed by atoms with Crippen LogP contribution >= 0.6 is 0 Å². The van der Waals surface area contributed by atoms with Crippen LogP contribution in [-0.2, 0) is 0 Å². The van der Waals surface area contributed by atoms with Gasteiger partial charge in [0.25, 0.3) is 0 Å². The topological polar surface area (TPSA) is 48.7 Å². The molecular formula is C14H13N3O2. The molecule has 1 aromatic carbocycles. The van der Waals surface area contributed by atoms with Crippen LogP contribution in [0.2, 0.25) is 0 Å². The second-order valence-corrected chi connectivity index (χ2v) is 4.02. The van der Waals surface area contributed by atoms with Gasteiger partial charge in [0.2, 0.25) is 0 Å². The van der Waals surface area contributed by atoms with Crippen LogP contribution in [0.1, 0.15) is 0 Å². The predicted octanol–water partition coefficient (Wildman–Crippen LogP) is 2.41. The largest absolute Gasteiger partial charge is 0.493 e. The van der Waals surface area contributed by atoms with Gasteiger partial charge in [0.15, 0.2) is 17.1 Å². The third kappa shape index (κ3) is 1.89. The number of nitrogens with zero attached hydrogens (tertiary/aromatic N) is 3. The smallest absolute Gasteiger partial charge is 0.161 e. The maximum absolute atomic E-state index is 5.32. The second-order valence-electron chi connectivity index (χ2n) is 4.02. The molecule has 2 aromatic heterocycles. The van der Waals surface area contributed by atoms with Crippen molar-refractivity contribution in [2.24, 2.45) is 0 Å². The van der Waals surface area contributed by atoms with E-state index in [-0.39, 0.29) is 0 Å². The molecule has 0 spiro atoms. The van der Waals surface area contributed by atoms with Crippen LogP contribution in [0.3, 0.4) is 0 Å². The van der Waals surface area contributed by atoms with Gasteiger partial charge in [0, 0.05) is 18.0 Å². The third-order valence-corrected chi connectivity index (χ3v) is 3.00. The number of rotatable bonds is 3. The molecule has 0 radical (unpaired) electrons. The lowest BCUT2D eigenvalue weighted by Gasteiger charge is -2.09. The summed E-state index contributed by atoms with van der Waals surface area (Å²) in [5.41, 5.74) is 2.81. The number of benzene rings is 1. The molecular weight excluding hydrogens is 242 g/mol. The molecule has 0 amide bonds. The zero-order valence-corrected chi connectivity index (χ0v) is 10.7. The Labute approximate surface area is 110 Å². The van der Waals surface area contributed by atoms with Crippen molar-refractivity contribution in [3.63, 3.8) is 0 Å². The van der Waals surface area contributed by atoms with Crippen molar-refractivity contribution >= 4 is 5.65 Å². The lowest BCUT2D eigenvalue weighted by molar-refractivity contribution is 0.355. The first-order valence-corrected chi connectivity index (χ1v) is 5.83. The molecule has 0 atom stereocenters. The van der Waals surface area contributed by atoms with E-state index < -0.39 is 0 Å². The van der Waals surface area contributed by atoms with E-state index >= 15 is 0 Å². The van der Waals surface area contributed by atoms with Gasteiger partial charge in [-0.3, -0.25) is 9.38 Å². The molecule has 0 aliphatic carbocycles. The van der Waals surface area contributed by atoms with E-state index in [2.05, 4.69) is 9.97 Å². The average Bonchev–Trinajstić information content (AvgIpc) is 2.90. The minimum absolute atomic E-state index is 0.698. The van der Waals surface area contributed by atoms with Crippen molar-refractivity contribution in [2.45, 2.75) is 0 Å². The van der Waals surface area contributed by atoms with Crippen LogP contribution in [0, 0.1) is 0 Å². The fourth-order valence-electron chi connectivity index (χ4n) is 2.05. The fraction of sp³-hybridized carbons (Fsp3) is 0.143. The lowest BCUT2D eigenvalue weighted by Crippen LogP contribution is -1.92. The van der Waals surface area contributed by atoms with E-state index in [0.717, 1.165) is 16.9 Å². The standard InChI is InChI=1S/C14H13N3O2/c1-18-12-4-3-10(7-13(12)19-2)11-8-16-14-9-15-5-6-17(11)14/h3-9H,1-2H3. The van der Waals surface area contributed by atoms with E-state index in [1.165, 1.54) is 0 Å². The van der Waals surface area contributed by atoms with Crippen molar-refractivity contribution in [3.05, 3.63) is 43.0 Å². The van der Waals surface area contributed by atoms with Gasteiger partial charge in [-0.15, -0.1) is 0 Å². The van der Waals surface area contributed by atoms with Crippen LogP contribution in [0.4, 0.5) is 0 Å². The molecule has 19 heavy (non-hydrogen) atoms. The first kappa shape index (κ1) is 11.5. The molecule has 0 fully saturated rings. The van der Waals surface area contributed by atoms with Crippen LogP contribution in [-0.4, -0.2) is 28.6 Å². The molecule has 5 nitrogen and oxygen atoms in total. The summed E-state index contributed by atoms with van der Waals surface area (Å²) in [6.07, 6.45) is 7.16. The Bertz CT molecular complexity index is 722. The maximum atomic E-state index is 5.32. The van der Waals surface area contributed by atoms with Crippen LogP contribution in [0.5, 0.6) is 11.5 Å². The van der Waals surface area contributed by atoms with Gasteiger partial charge in [-0.05, 0) is 18.2 Å². The molecule has 3 aromatic rings. The number of hydrogen-bond acceptors (Lipinski definition) is 4. The van der Waals surface area contributed by atoms with E-state index in [9.17, 15) is 0 Å². The minimum atomic E-state index is 0.698. The van der Waals surface area contributed by atoms with Crippen LogP contribution in [0.15, 0.2) is 43.0 Å². The Balaban J connectivity index is 2.16. The molecule has 0 saturated carbocycles. The Hall–Kier alpha value is -2.56. The summed E-state index contributed by atoms with van der Waals surface area (Å²) in [5, 5.41) is 0. The Morgan fingerprint density at radius 3 is 2.68 bits per heavy atom. The fourth-order valence-corrected chi connectivity index (χ4v) is 2.05. The highest BCUT2D eigenvalue weighted by Gasteiger charge is 2.09. The zero-order valence-electron chi connectivity index (χ0n) is 10.7. The zero-order chi connectivity index (χ0) is 13.2. The summed E-state index contributed by atoms with van der Waals surface area (Å²) in [6.45, 7) is 0. The number of methoxy groups -OCH3 is 2. The Morgan fingerprint density at radius 2 is 1.89 bits per heavy atom. The maximum Gasteiger partial charge on any atom is 0.161 e. The highest BCUT2D eigenvalue weighted by molar-refractivity contribution is 5.66. The molecule has 5 heteroatoms. The van der Waals surface area contributed by atoms with Gasteiger partial charge >= 0.3 is 0 Å². The van der Waals surface area contributed by atoms with Crippen LogP contribution < -0.4 is 9.47 Å². The van der Waals surface area contributed by atoms with Crippen molar-refractivity contribution in [1.29, 1.82) is 0 Å². The van der Waals surface area contributed by atoms with E-state index in [0.29, 0.717) is 11.5 Å². The number of imidazole rings is 1. The van der Waals surface area contributed by atoms with E-state index in [1.807, 2.05) is 35.0 Å². The third-order valence-electron chi connectivity index (χ3n) is 3.00. The van der Waals surface area contributed by atoms with Crippen molar-refractivity contribution < 1.29 is 9.47 Å². The molecule has 0 N–H and O–H groups in total. The molecule has 0 bridgehead atoms. The molecule has 3 rings (SSSR count). The number of hydrogen-bond donors (Lipinski definition) is 0. The number of ether oxygens (including phenoxy) is 2. The summed E-state index contributed by atoms with van der Waals surface area (Å²) < 4.78 is 12.5. The minimum Gasteiger partial charge on any atom is -0.493 e. The van der Waals surface area contributed by atoms with Gasteiger partial charge in [0.1, 0.15) is 0 Å². The molecule has 0 aliphatic rings. The molecule has 0 unspecified atom stereocenters. The first-order chi connectivity index (χ1) is 9.33. The Kier molecular flexibility index (Phi) is 2.79. The highest BCUT2D eigenvalue weighted by atomic mass is 16.5. The van der Waals surface area contributed by atoms with Crippen LogP contribution in [0.25, 0.3) is 16.9 Å².